The lowest BCUT2D eigenvalue weighted by molar-refractivity contribution is -0.132. The van der Waals surface area contributed by atoms with Gasteiger partial charge in [-0.2, -0.15) is 8.42 Å². The van der Waals surface area contributed by atoms with Gasteiger partial charge in [-0.25, -0.2) is 0 Å². The zero-order valence-electron chi connectivity index (χ0n) is 12.5. The molecule has 1 amide bonds. The van der Waals surface area contributed by atoms with Crippen LogP contribution in [0, 0.1) is 0 Å². The van der Waals surface area contributed by atoms with Crippen LogP contribution in [0.2, 0.25) is 0 Å². The van der Waals surface area contributed by atoms with E-state index in [1.807, 2.05) is 4.90 Å². The van der Waals surface area contributed by atoms with Crippen LogP contribution in [0.15, 0.2) is 33.6 Å². The molecule has 118 valence electrons. The highest BCUT2D eigenvalue weighted by Gasteiger charge is 2.29. The van der Waals surface area contributed by atoms with Gasteiger partial charge in [-0.1, -0.05) is 12.1 Å². The minimum atomic E-state index is -3.64. The van der Waals surface area contributed by atoms with E-state index in [1.54, 1.807) is 23.1 Å². The Hall–Kier alpha value is -1.89. The Morgan fingerprint density at radius 3 is 2.86 bits per heavy atom. The normalized spacial score (nSPS) is 23.2. The van der Waals surface area contributed by atoms with Crippen molar-refractivity contribution < 1.29 is 13.2 Å². The number of carbonyl (C=O) groups excluding carboxylic acids is 1. The van der Waals surface area contributed by atoms with Gasteiger partial charge in [-0.05, 0) is 38.3 Å². The Morgan fingerprint density at radius 2 is 2.09 bits per heavy atom. The maximum absolute atomic E-state index is 12.5. The SMILES string of the molecule is CC1CCCCN1C(=O)CN1C=NS(=O)(=O)c2ccccc21. The fourth-order valence-electron chi connectivity index (χ4n) is 2.98. The summed E-state index contributed by atoms with van der Waals surface area (Å²) in [5.41, 5.74) is 0.510. The standard InChI is InChI=1S/C15H19N3O3S/c1-12-6-4-5-9-18(12)15(19)10-17-11-16-22(20,21)14-8-3-2-7-13(14)17/h2-3,7-8,11-12H,4-6,9-10H2,1H3. The second-order valence-corrected chi connectivity index (χ2v) is 7.32. The van der Waals surface area contributed by atoms with Gasteiger partial charge in [0.15, 0.2) is 0 Å². The van der Waals surface area contributed by atoms with Crippen LogP contribution in [0.25, 0.3) is 0 Å². The summed E-state index contributed by atoms with van der Waals surface area (Å²) in [6.07, 6.45) is 4.43. The highest BCUT2D eigenvalue weighted by atomic mass is 32.2. The first-order valence-corrected chi connectivity index (χ1v) is 8.88. The quantitative estimate of drug-likeness (QED) is 0.830. The van der Waals surface area contributed by atoms with E-state index in [1.165, 1.54) is 12.4 Å². The number of carbonyl (C=O) groups is 1. The zero-order valence-corrected chi connectivity index (χ0v) is 13.3. The minimum absolute atomic E-state index is 0.00718. The Bertz CT molecular complexity index is 714. The highest BCUT2D eigenvalue weighted by molar-refractivity contribution is 7.90. The molecule has 1 aromatic rings. The third-order valence-electron chi connectivity index (χ3n) is 4.21. The Balaban J connectivity index is 1.83. The lowest BCUT2D eigenvalue weighted by Crippen LogP contribution is -2.47. The monoisotopic (exact) mass is 321 g/mol. The third-order valence-corrected chi connectivity index (χ3v) is 5.48. The molecule has 2 aliphatic rings. The van der Waals surface area contributed by atoms with Gasteiger partial charge in [-0.3, -0.25) is 4.79 Å². The van der Waals surface area contributed by atoms with Crippen molar-refractivity contribution in [1.82, 2.24) is 4.90 Å². The van der Waals surface area contributed by atoms with Crippen molar-refractivity contribution in [3.05, 3.63) is 24.3 Å². The summed E-state index contributed by atoms with van der Waals surface area (Å²) in [6, 6.07) is 6.87. The molecule has 1 aromatic carbocycles. The van der Waals surface area contributed by atoms with Crippen LogP contribution >= 0.6 is 0 Å². The molecule has 6 nitrogen and oxygen atoms in total. The van der Waals surface area contributed by atoms with Crippen LogP contribution in [0.3, 0.4) is 0 Å². The number of fused-ring (bicyclic) bond motifs is 1. The third kappa shape index (κ3) is 2.72. The molecule has 3 rings (SSSR count). The molecule has 0 spiro atoms. The van der Waals surface area contributed by atoms with E-state index in [9.17, 15) is 13.2 Å². The molecule has 1 atom stereocenters. The molecule has 0 bridgehead atoms. The number of sulfonamides is 1. The van der Waals surface area contributed by atoms with Gasteiger partial charge in [0.1, 0.15) is 17.8 Å². The van der Waals surface area contributed by atoms with Gasteiger partial charge >= 0.3 is 0 Å². The number of hydrogen-bond donors (Lipinski definition) is 0. The summed E-state index contributed by atoms with van der Waals surface area (Å²) < 4.78 is 27.5. The summed E-state index contributed by atoms with van der Waals surface area (Å²) >= 11 is 0. The lowest BCUT2D eigenvalue weighted by Gasteiger charge is -2.35. The van der Waals surface area contributed by atoms with Crippen molar-refractivity contribution in [2.45, 2.75) is 37.1 Å². The number of nitrogens with zero attached hydrogens (tertiary/aromatic N) is 3. The number of amides is 1. The van der Waals surface area contributed by atoms with E-state index in [2.05, 4.69) is 11.3 Å². The van der Waals surface area contributed by atoms with Crippen molar-refractivity contribution in [3.63, 3.8) is 0 Å². The van der Waals surface area contributed by atoms with Crippen molar-refractivity contribution in [2.75, 3.05) is 18.0 Å². The average molecular weight is 321 g/mol. The average Bonchev–Trinajstić information content (AvgIpc) is 2.51. The molecule has 22 heavy (non-hydrogen) atoms. The van der Waals surface area contributed by atoms with Gasteiger partial charge in [-0.15, -0.1) is 4.40 Å². The lowest BCUT2D eigenvalue weighted by atomic mass is 10.0. The Morgan fingerprint density at radius 1 is 1.32 bits per heavy atom. The van der Waals surface area contributed by atoms with E-state index >= 15 is 0 Å². The molecular formula is C15H19N3O3S. The zero-order chi connectivity index (χ0) is 15.7. The number of para-hydroxylation sites is 1. The molecule has 2 aliphatic heterocycles. The van der Waals surface area contributed by atoms with Crippen molar-refractivity contribution in [2.24, 2.45) is 4.40 Å². The maximum atomic E-state index is 12.5. The summed E-state index contributed by atoms with van der Waals surface area (Å²) in [7, 11) is -3.64. The molecule has 1 saturated heterocycles. The van der Waals surface area contributed by atoms with Crippen LogP contribution in [0.5, 0.6) is 0 Å². The molecular weight excluding hydrogens is 302 g/mol. The van der Waals surface area contributed by atoms with E-state index in [0.29, 0.717) is 5.69 Å². The number of rotatable bonds is 2. The number of piperidine rings is 1. The number of anilines is 1. The van der Waals surface area contributed by atoms with E-state index in [-0.39, 0.29) is 23.4 Å². The fourth-order valence-corrected chi connectivity index (χ4v) is 4.03. The van der Waals surface area contributed by atoms with Crippen molar-refractivity contribution >= 4 is 28.0 Å². The fraction of sp³-hybridized carbons (Fsp3) is 0.467. The first-order chi connectivity index (χ1) is 10.5. The smallest absolute Gasteiger partial charge is 0.285 e. The number of hydrogen-bond acceptors (Lipinski definition) is 4. The van der Waals surface area contributed by atoms with Crippen LogP contribution in [-0.4, -0.2) is 44.7 Å². The number of likely N-dealkylation sites (tertiary alicyclic amines) is 1. The van der Waals surface area contributed by atoms with Crippen LogP contribution < -0.4 is 4.90 Å². The second-order valence-electron chi connectivity index (χ2n) is 5.72. The molecule has 2 heterocycles. The van der Waals surface area contributed by atoms with Crippen LogP contribution in [-0.2, 0) is 14.8 Å². The molecule has 1 fully saturated rings. The topological polar surface area (TPSA) is 70.1 Å². The van der Waals surface area contributed by atoms with Crippen LogP contribution in [0.1, 0.15) is 26.2 Å². The first kappa shape index (κ1) is 15.0. The highest BCUT2D eigenvalue weighted by Crippen LogP contribution is 2.29. The maximum Gasteiger partial charge on any atom is 0.285 e. The van der Waals surface area contributed by atoms with E-state index < -0.39 is 10.0 Å². The Labute approximate surface area is 130 Å². The summed E-state index contributed by atoms with van der Waals surface area (Å²) in [5.74, 6) is 0.00718. The van der Waals surface area contributed by atoms with E-state index in [0.717, 1.165) is 25.8 Å². The second kappa shape index (κ2) is 5.72. The molecule has 1 unspecified atom stereocenters. The predicted molar refractivity (Wildman–Crippen MR) is 84.5 cm³/mol. The summed E-state index contributed by atoms with van der Waals surface area (Å²) in [5, 5.41) is 0. The minimum Gasteiger partial charge on any atom is -0.338 e. The van der Waals surface area contributed by atoms with Gasteiger partial charge in [0.25, 0.3) is 10.0 Å². The van der Waals surface area contributed by atoms with Crippen molar-refractivity contribution in [3.8, 4) is 0 Å². The molecule has 0 saturated carbocycles. The molecule has 7 heteroatoms. The Kier molecular flexibility index (Phi) is 3.90. The molecule has 0 aromatic heterocycles. The van der Waals surface area contributed by atoms with Crippen LogP contribution in [0.4, 0.5) is 5.69 Å². The molecule has 0 radical (unpaired) electrons. The summed E-state index contributed by atoms with van der Waals surface area (Å²) in [4.78, 5) is 16.2. The van der Waals surface area contributed by atoms with Gasteiger partial charge < -0.3 is 9.80 Å². The van der Waals surface area contributed by atoms with Gasteiger partial charge in [0.05, 0.1) is 5.69 Å². The first-order valence-electron chi connectivity index (χ1n) is 7.44. The van der Waals surface area contributed by atoms with Gasteiger partial charge in [0, 0.05) is 12.6 Å². The molecule has 0 aliphatic carbocycles. The largest absolute Gasteiger partial charge is 0.338 e. The summed E-state index contributed by atoms with van der Waals surface area (Å²) in [6.45, 7) is 2.94. The number of benzene rings is 1. The van der Waals surface area contributed by atoms with E-state index in [4.69, 9.17) is 0 Å². The molecule has 0 N–H and O–H groups in total. The van der Waals surface area contributed by atoms with Gasteiger partial charge in [0.2, 0.25) is 5.91 Å². The predicted octanol–water partition coefficient (Wildman–Crippen LogP) is 1.62. The van der Waals surface area contributed by atoms with Crippen molar-refractivity contribution in [1.29, 1.82) is 0 Å².